The number of anilines is 6. The molecule has 64 heavy (non-hydrogen) atoms. The molecule has 1 aliphatic carbocycles. The summed E-state index contributed by atoms with van der Waals surface area (Å²) in [6, 6.07) is 6.25. The number of ether oxygens (including phenoxy) is 4. The van der Waals surface area contributed by atoms with Gasteiger partial charge in [0.1, 0.15) is 34.3 Å². The maximum Gasteiger partial charge on any atom is 0.421 e. The number of benzene rings is 2. The fraction of sp³-hybridized carbons (Fsp3) is 0.463. The second-order valence-electron chi connectivity index (χ2n) is 15.6. The number of hydrogen-bond acceptors (Lipinski definition) is 14. The van der Waals surface area contributed by atoms with Crippen LogP contribution in [0.5, 0.6) is 11.5 Å². The van der Waals surface area contributed by atoms with Gasteiger partial charge in [-0.05, 0) is 50.5 Å². The highest BCUT2D eigenvalue weighted by atomic mass is 35.5. The van der Waals surface area contributed by atoms with Gasteiger partial charge >= 0.3 is 12.4 Å². The number of amides is 2. The Kier molecular flexibility index (Phi) is 13.5. The monoisotopic (exact) mass is 922 g/mol. The van der Waals surface area contributed by atoms with Crippen molar-refractivity contribution in [3.8, 4) is 11.5 Å². The molecular weight excluding hydrogens is 878 g/mol. The van der Waals surface area contributed by atoms with E-state index in [-0.39, 0.29) is 69.8 Å². The number of methoxy groups -OCH3 is 2. The van der Waals surface area contributed by atoms with Gasteiger partial charge in [-0.25, -0.2) is 9.97 Å². The quantitative estimate of drug-likeness (QED) is 0.103. The van der Waals surface area contributed by atoms with E-state index in [2.05, 4.69) is 41.2 Å². The lowest BCUT2D eigenvalue weighted by atomic mass is 9.78. The van der Waals surface area contributed by atoms with Crippen LogP contribution in [0.3, 0.4) is 0 Å². The van der Waals surface area contributed by atoms with Crippen LogP contribution < -0.4 is 30.7 Å². The highest BCUT2D eigenvalue weighted by Crippen LogP contribution is 2.42. The zero-order chi connectivity index (χ0) is 46.0. The Morgan fingerprint density at radius 3 is 1.92 bits per heavy atom. The number of aryl methyl sites for hydroxylation is 1. The minimum absolute atomic E-state index is 0.00824. The molecule has 3 saturated heterocycles. The second-order valence-corrected chi connectivity index (χ2v) is 16.0. The third-order valence-corrected chi connectivity index (χ3v) is 11.0. The summed E-state index contributed by atoms with van der Waals surface area (Å²) in [5.41, 5.74) is 0.378. The Morgan fingerprint density at radius 1 is 0.797 bits per heavy atom. The first-order valence-corrected chi connectivity index (χ1v) is 20.5. The van der Waals surface area contributed by atoms with E-state index in [1.54, 1.807) is 35.8 Å². The number of halogens is 7. The van der Waals surface area contributed by atoms with Gasteiger partial charge in [-0.15, -0.1) is 0 Å². The van der Waals surface area contributed by atoms with Gasteiger partial charge < -0.3 is 50.0 Å². The van der Waals surface area contributed by atoms with E-state index < -0.39 is 23.5 Å². The molecule has 4 aliphatic rings. The number of morpholine rings is 1. The van der Waals surface area contributed by atoms with Crippen molar-refractivity contribution in [3.63, 3.8) is 0 Å². The van der Waals surface area contributed by atoms with Crippen LogP contribution in [0.2, 0.25) is 5.02 Å². The molecule has 4 aromatic rings. The van der Waals surface area contributed by atoms with Crippen molar-refractivity contribution in [1.82, 2.24) is 29.7 Å². The molecule has 4 fully saturated rings. The fourth-order valence-electron chi connectivity index (χ4n) is 7.13. The van der Waals surface area contributed by atoms with Crippen LogP contribution in [0.4, 0.5) is 61.2 Å². The number of nitrogens with one attached hydrogen (secondary N) is 4. The van der Waals surface area contributed by atoms with Crippen LogP contribution >= 0.6 is 11.6 Å². The lowest BCUT2D eigenvalue weighted by molar-refractivity contribution is -0.176. The smallest absolute Gasteiger partial charge is 0.421 e. The molecule has 16 nitrogen and oxygen atoms in total. The average molecular weight is 923 g/mol. The van der Waals surface area contributed by atoms with Crippen molar-refractivity contribution in [2.24, 2.45) is 5.41 Å². The number of carbonyl (C=O) groups is 2. The molecule has 23 heteroatoms. The zero-order valence-electron chi connectivity index (χ0n) is 35.1. The summed E-state index contributed by atoms with van der Waals surface area (Å²) in [7, 11) is 2.87. The minimum atomic E-state index is -4.60. The van der Waals surface area contributed by atoms with E-state index in [0.29, 0.717) is 86.9 Å². The predicted molar refractivity (Wildman–Crippen MR) is 223 cm³/mol. The van der Waals surface area contributed by atoms with Gasteiger partial charge in [-0.3, -0.25) is 9.59 Å². The third-order valence-electron chi connectivity index (χ3n) is 10.7. The molecule has 8 rings (SSSR count). The van der Waals surface area contributed by atoms with E-state index in [4.69, 9.17) is 30.5 Å². The van der Waals surface area contributed by atoms with Crippen LogP contribution in [0.15, 0.2) is 36.7 Å². The molecule has 0 unspecified atom stereocenters. The maximum absolute atomic E-state index is 13.3. The van der Waals surface area contributed by atoms with E-state index in [1.807, 2.05) is 0 Å². The molecule has 1 spiro atoms. The summed E-state index contributed by atoms with van der Waals surface area (Å²) in [4.78, 5) is 44.8. The van der Waals surface area contributed by atoms with Gasteiger partial charge in [0.05, 0.1) is 68.0 Å². The Morgan fingerprint density at radius 2 is 1.38 bits per heavy atom. The third kappa shape index (κ3) is 10.4. The molecule has 0 radical (unpaired) electrons. The van der Waals surface area contributed by atoms with Crippen molar-refractivity contribution in [2.75, 3.05) is 94.6 Å². The van der Waals surface area contributed by atoms with Crippen molar-refractivity contribution in [1.29, 1.82) is 0 Å². The van der Waals surface area contributed by atoms with E-state index >= 15 is 0 Å². The average Bonchev–Trinajstić information content (AvgIpc) is 4.04. The number of nitrogens with zero attached hydrogens (tertiary/aromatic N) is 6. The van der Waals surface area contributed by atoms with Gasteiger partial charge in [0.2, 0.25) is 11.9 Å². The normalized spacial score (nSPS) is 16.7. The van der Waals surface area contributed by atoms with E-state index in [0.717, 1.165) is 19.0 Å². The second kappa shape index (κ2) is 18.7. The first-order chi connectivity index (χ1) is 30.4. The lowest BCUT2D eigenvalue weighted by Crippen LogP contribution is -2.67. The van der Waals surface area contributed by atoms with Crippen LogP contribution in [0.25, 0.3) is 0 Å². The van der Waals surface area contributed by atoms with Gasteiger partial charge in [-0.1, -0.05) is 11.6 Å². The first-order valence-electron chi connectivity index (χ1n) is 20.1. The molecule has 0 atom stereocenters. The summed E-state index contributed by atoms with van der Waals surface area (Å²) in [5.74, 6) is -0.423. The van der Waals surface area contributed by atoms with E-state index in [1.165, 1.54) is 26.4 Å². The summed E-state index contributed by atoms with van der Waals surface area (Å²) in [6.45, 7) is 8.21. The number of likely N-dealkylation sites (tertiary alicyclic amines) is 1. The minimum Gasteiger partial charge on any atom is -0.496 e. The van der Waals surface area contributed by atoms with Gasteiger partial charge in [0.15, 0.2) is 0 Å². The van der Waals surface area contributed by atoms with Crippen molar-refractivity contribution < 1.29 is 54.9 Å². The zero-order valence-corrected chi connectivity index (χ0v) is 35.9. The molecule has 5 heterocycles. The molecule has 4 N–H and O–H groups in total. The molecule has 2 aromatic carbocycles. The number of carbonyl (C=O) groups excluding carboxylic acids is 2. The molecular formula is C41H45ClF6N10O6. The molecule has 3 aliphatic heterocycles. The molecule has 2 aromatic heterocycles. The number of rotatable bonds is 12. The largest absolute Gasteiger partial charge is 0.496 e. The topological polar surface area (TPSA) is 177 Å². The predicted octanol–water partition coefficient (Wildman–Crippen LogP) is 7.41. The van der Waals surface area contributed by atoms with E-state index in [9.17, 15) is 35.9 Å². The van der Waals surface area contributed by atoms with Crippen molar-refractivity contribution in [2.45, 2.75) is 45.1 Å². The summed E-state index contributed by atoms with van der Waals surface area (Å²) in [5, 5.41) is 11.3. The number of hydrogen-bond donors (Lipinski definition) is 4. The van der Waals surface area contributed by atoms with Crippen molar-refractivity contribution >= 4 is 58.3 Å². The summed E-state index contributed by atoms with van der Waals surface area (Å²) in [6.07, 6.45) is -6.10. The first kappa shape index (κ1) is 46.1. The maximum atomic E-state index is 13.3. The fourth-order valence-corrected chi connectivity index (χ4v) is 7.34. The molecule has 1 saturated carbocycles. The highest BCUT2D eigenvalue weighted by molar-refractivity contribution is 6.34. The van der Waals surface area contributed by atoms with Crippen LogP contribution in [-0.4, -0.2) is 121 Å². The lowest BCUT2D eigenvalue weighted by Gasteiger charge is -2.54. The standard InChI is InChI=1S/C21H24F3N5O3.C20H21ClF3N5O3/c1-12-9-16(17(31-2)10-14(12)19(30)29-5-7-32-8-6-29)27-20-25-11-15(21(22,23)24)18(28-20)26-13-3-4-13;1-3-25-16-12(20(22,23)24)6-26-18(28-16)27-14-5-15(31-2)11(4-13(14)21)17(30)29-7-19(8-29)9-32-10-19/h9-11,13H,3-8H2,1-2H3,(H2,25,26,27,28);4-6H,3,7-10H2,1-2H3,(H2,25,26,27,28). The van der Waals surface area contributed by atoms with Crippen LogP contribution in [-0.2, 0) is 21.8 Å². The number of aromatic nitrogens is 4. The molecule has 344 valence electrons. The Labute approximate surface area is 368 Å². The Bertz CT molecular complexity index is 2370. The van der Waals surface area contributed by atoms with Crippen LogP contribution in [0.1, 0.15) is 57.2 Å². The van der Waals surface area contributed by atoms with Crippen LogP contribution in [0, 0.1) is 12.3 Å². The Balaban J connectivity index is 0.000000191. The highest BCUT2D eigenvalue weighted by Gasteiger charge is 2.51. The van der Waals surface area contributed by atoms with Crippen molar-refractivity contribution in [3.05, 3.63) is 69.5 Å². The SMILES string of the molecule is CCNc1nc(Nc2cc(OC)c(C(=O)N3CC4(COC4)C3)cc2Cl)ncc1C(F)(F)F.COc1cc(C(=O)N2CCOCC2)c(C)cc1Nc1ncc(C(F)(F)F)c(NC2CC2)n1. The molecule has 0 bridgehead atoms. The number of alkyl halides is 6. The Hall–Kier alpha value is -5.87. The van der Waals surface area contributed by atoms with Gasteiger partial charge in [-0.2, -0.15) is 36.3 Å². The van der Waals surface area contributed by atoms with Gasteiger partial charge in [0, 0.05) is 62.8 Å². The molecule has 2 amide bonds. The summed E-state index contributed by atoms with van der Waals surface area (Å²) >= 11 is 6.36. The van der Waals surface area contributed by atoms with Gasteiger partial charge in [0.25, 0.3) is 11.8 Å². The summed E-state index contributed by atoms with van der Waals surface area (Å²) < 4.78 is 101.